The van der Waals surface area contributed by atoms with E-state index in [4.69, 9.17) is 10.9 Å². The standard InChI is InChI=1S/C15H15BrFN3O/c16-14-5-4-13(17)7-12(14)9-19-8-10-2-1-3-11(6-10)15(18)20-21/h1-7,19,21H,8-9H2,(H2,18,20). The number of oxime groups is 1. The van der Waals surface area contributed by atoms with E-state index in [0.717, 1.165) is 15.6 Å². The first-order valence-electron chi connectivity index (χ1n) is 6.31. The number of nitrogens with zero attached hydrogens (tertiary/aromatic N) is 1. The Kier molecular flexibility index (Phi) is 5.30. The lowest BCUT2D eigenvalue weighted by atomic mass is 10.1. The van der Waals surface area contributed by atoms with E-state index in [1.165, 1.54) is 12.1 Å². The van der Waals surface area contributed by atoms with E-state index in [-0.39, 0.29) is 11.7 Å². The molecule has 0 radical (unpaired) electrons. The van der Waals surface area contributed by atoms with Crippen LogP contribution in [-0.4, -0.2) is 11.0 Å². The first-order valence-corrected chi connectivity index (χ1v) is 7.11. The van der Waals surface area contributed by atoms with Gasteiger partial charge in [0.2, 0.25) is 0 Å². The predicted molar refractivity (Wildman–Crippen MR) is 83.6 cm³/mol. The number of nitrogens with two attached hydrogens (primary N) is 1. The van der Waals surface area contributed by atoms with E-state index >= 15 is 0 Å². The minimum absolute atomic E-state index is 0.0738. The summed E-state index contributed by atoms with van der Waals surface area (Å²) in [4.78, 5) is 0. The van der Waals surface area contributed by atoms with E-state index in [2.05, 4.69) is 26.4 Å². The molecule has 21 heavy (non-hydrogen) atoms. The van der Waals surface area contributed by atoms with Crippen molar-refractivity contribution in [3.63, 3.8) is 0 Å². The van der Waals surface area contributed by atoms with Crippen molar-refractivity contribution in [1.29, 1.82) is 0 Å². The minimum Gasteiger partial charge on any atom is -0.409 e. The average molecular weight is 352 g/mol. The van der Waals surface area contributed by atoms with Crippen LogP contribution in [0.2, 0.25) is 0 Å². The highest BCUT2D eigenvalue weighted by Crippen LogP contribution is 2.17. The SMILES string of the molecule is NC(=NO)c1cccc(CNCc2cc(F)ccc2Br)c1. The molecule has 0 atom stereocenters. The van der Waals surface area contributed by atoms with Crippen LogP contribution in [0.4, 0.5) is 4.39 Å². The van der Waals surface area contributed by atoms with Gasteiger partial charge >= 0.3 is 0 Å². The second-order valence-electron chi connectivity index (χ2n) is 4.52. The van der Waals surface area contributed by atoms with Gasteiger partial charge in [0.25, 0.3) is 0 Å². The van der Waals surface area contributed by atoms with Crippen LogP contribution in [0, 0.1) is 5.82 Å². The third-order valence-electron chi connectivity index (χ3n) is 2.98. The number of rotatable bonds is 5. The van der Waals surface area contributed by atoms with Gasteiger partial charge in [0.05, 0.1) is 0 Å². The summed E-state index contributed by atoms with van der Waals surface area (Å²) in [5.41, 5.74) is 8.05. The first kappa shape index (κ1) is 15.5. The van der Waals surface area contributed by atoms with Crippen molar-refractivity contribution in [3.8, 4) is 0 Å². The van der Waals surface area contributed by atoms with Gasteiger partial charge in [-0.15, -0.1) is 0 Å². The molecule has 110 valence electrons. The van der Waals surface area contributed by atoms with E-state index in [1.807, 2.05) is 18.2 Å². The van der Waals surface area contributed by atoms with Gasteiger partial charge in [-0.25, -0.2) is 4.39 Å². The number of benzene rings is 2. The lowest BCUT2D eigenvalue weighted by molar-refractivity contribution is 0.318. The topological polar surface area (TPSA) is 70.6 Å². The van der Waals surface area contributed by atoms with Crippen LogP contribution in [0.25, 0.3) is 0 Å². The van der Waals surface area contributed by atoms with Crippen LogP contribution in [0.5, 0.6) is 0 Å². The van der Waals surface area contributed by atoms with E-state index in [9.17, 15) is 4.39 Å². The highest BCUT2D eigenvalue weighted by atomic mass is 79.9. The number of hydrogen-bond acceptors (Lipinski definition) is 3. The van der Waals surface area contributed by atoms with Gasteiger partial charge in [-0.2, -0.15) is 0 Å². The molecule has 0 bridgehead atoms. The van der Waals surface area contributed by atoms with Crippen LogP contribution in [0.3, 0.4) is 0 Å². The number of hydrogen-bond donors (Lipinski definition) is 3. The molecule has 0 saturated carbocycles. The zero-order valence-electron chi connectivity index (χ0n) is 11.2. The Morgan fingerprint density at radius 2 is 2.05 bits per heavy atom. The van der Waals surface area contributed by atoms with Gasteiger partial charge in [-0.3, -0.25) is 0 Å². The number of amidine groups is 1. The second-order valence-corrected chi connectivity index (χ2v) is 5.38. The molecule has 0 unspecified atom stereocenters. The third-order valence-corrected chi connectivity index (χ3v) is 3.76. The van der Waals surface area contributed by atoms with Crippen LogP contribution in [0.15, 0.2) is 52.1 Å². The summed E-state index contributed by atoms with van der Waals surface area (Å²) in [6.07, 6.45) is 0. The lowest BCUT2D eigenvalue weighted by Gasteiger charge is -2.08. The summed E-state index contributed by atoms with van der Waals surface area (Å²) in [6, 6.07) is 12.0. The second kappa shape index (κ2) is 7.19. The Labute approximate surface area is 130 Å². The average Bonchev–Trinajstić information content (AvgIpc) is 2.50. The zero-order valence-corrected chi connectivity index (χ0v) is 12.8. The van der Waals surface area contributed by atoms with Crippen molar-refractivity contribution in [2.75, 3.05) is 0 Å². The van der Waals surface area contributed by atoms with E-state index < -0.39 is 0 Å². The Morgan fingerprint density at radius 1 is 1.24 bits per heavy atom. The predicted octanol–water partition coefficient (Wildman–Crippen LogP) is 2.97. The zero-order chi connectivity index (χ0) is 15.2. The summed E-state index contributed by atoms with van der Waals surface area (Å²) in [7, 11) is 0. The first-order chi connectivity index (χ1) is 10.1. The van der Waals surface area contributed by atoms with Crippen molar-refractivity contribution in [3.05, 3.63) is 69.4 Å². The van der Waals surface area contributed by atoms with Crippen molar-refractivity contribution < 1.29 is 9.60 Å². The van der Waals surface area contributed by atoms with Crippen molar-refractivity contribution in [1.82, 2.24) is 5.32 Å². The highest BCUT2D eigenvalue weighted by Gasteiger charge is 2.03. The molecule has 0 aliphatic rings. The van der Waals surface area contributed by atoms with Gasteiger partial charge in [0, 0.05) is 23.1 Å². The monoisotopic (exact) mass is 351 g/mol. The molecule has 2 aromatic carbocycles. The van der Waals surface area contributed by atoms with E-state index in [0.29, 0.717) is 18.7 Å². The molecule has 0 saturated heterocycles. The smallest absolute Gasteiger partial charge is 0.170 e. The minimum atomic E-state index is -0.260. The fourth-order valence-electron chi connectivity index (χ4n) is 1.92. The van der Waals surface area contributed by atoms with Crippen molar-refractivity contribution >= 4 is 21.8 Å². The van der Waals surface area contributed by atoms with Gasteiger partial charge in [-0.1, -0.05) is 39.3 Å². The summed E-state index contributed by atoms with van der Waals surface area (Å²) >= 11 is 3.39. The number of nitrogens with one attached hydrogen (secondary N) is 1. The molecule has 2 aromatic rings. The third kappa shape index (κ3) is 4.27. The quantitative estimate of drug-likeness (QED) is 0.335. The van der Waals surface area contributed by atoms with Crippen LogP contribution < -0.4 is 11.1 Å². The normalized spacial score (nSPS) is 11.6. The Hall–Kier alpha value is -1.92. The van der Waals surface area contributed by atoms with Gasteiger partial charge < -0.3 is 16.3 Å². The largest absolute Gasteiger partial charge is 0.409 e. The molecule has 0 aromatic heterocycles. The van der Waals surface area contributed by atoms with Crippen LogP contribution in [-0.2, 0) is 13.1 Å². The maximum Gasteiger partial charge on any atom is 0.170 e. The van der Waals surface area contributed by atoms with Crippen LogP contribution >= 0.6 is 15.9 Å². The Morgan fingerprint density at radius 3 is 2.81 bits per heavy atom. The Bertz CT molecular complexity index is 661. The van der Waals surface area contributed by atoms with Gasteiger partial charge in [-0.05, 0) is 35.4 Å². The van der Waals surface area contributed by atoms with Crippen molar-refractivity contribution in [2.45, 2.75) is 13.1 Å². The molecule has 4 N–H and O–H groups in total. The molecule has 2 rings (SSSR count). The maximum absolute atomic E-state index is 13.2. The molecule has 0 amide bonds. The molecule has 4 nitrogen and oxygen atoms in total. The van der Waals surface area contributed by atoms with E-state index in [1.54, 1.807) is 12.1 Å². The summed E-state index contributed by atoms with van der Waals surface area (Å²) < 4.78 is 14.0. The van der Waals surface area contributed by atoms with Gasteiger partial charge in [0.1, 0.15) is 5.82 Å². The molecule has 6 heteroatoms. The summed E-state index contributed by atoms with van der Waals surface area (Å²) in [5.74, 6) is -0.186. The molecule has 0 spiro atoms. The molecular formula is C15H15BrFN3O. The maximum atomic E-state index is 13.2. The summed E-state index contributed by atoms with van der Waals surface area (Å²) in [5, 5.41) is 14.9. The highest BCUT2D eigenvalue weighted by molar-refractivity contribution is 9.10. The molecule has 0 aliphatic carbocycles. The molecular weight excluding hydrogens is 337 g/mol. The number of halogens is 2. The molecule has 0 fully saturated rings. The molecule has 0 aliphatic heterocycles. The van der Waals surface area contributed by atoms with Crippen molar-refractivity contribution in [2.24, 2.45) is 10.9 Å². The summed E-state index contributed by atoms with van der Waals surface area (Å²) in [6.45, 7) is 1.13. The van der Waals surface area contributed by atoms with Gasteiger partial charge in [0.15, 0.2) is 5.84 Å². The fourth-order valence-corrected chi connectivity index (χ4v) is 2.31. The van der Waals surface area contributed by atoms with Crippen LogP contribution in [0.1, 0.15) is 16.7 Å². The molecule has 0 heterocycles. The fraction of sp³-hybridized carbons (Fsp3) is 0.133. The Balaban J connectivity index is 1.99. The lowest BCUT2D eigenvalue weighted by Crippen LogP contribution is -2.16.